The standard InChI is InChI=1S/C17H20N2O2/c1-12(2)19-11-13-6-5-7-14(10-13)21-16-9-4-3-8-15(16)17(18)20/h3-10,12,19H,11H2,1-2H3,(H2,18,20). The van der Waals surface area contributed by atoms with Gasteiger partial charge < -0.3 is 15.8 Å². The summed E-state index contributed by atoms with van der Waals surface area (Å²) in [7, 11) is 0. The van der Waals surface area contributed by atoms with Gasteiger partial charge >= 0.3 is 0 Å². The normalized spacial score (nSPS) is 10.6. The summed E-state index contributed by atoms with van der Waals surface area (Å²) in [6.45, 7) is 4.97. The number of carbonyl (C=O) groups is 1. The van der Waals surface area contributed by atoms with Crippen LogP contribution in [0.4, 0.5) is 0 Å². The Hall–Kier alpha value is -2.33. The Morgan fingerprint density at radius 2 is 1.95 bits per heavy atom. The third kappa shape index (κ3) is 4.33. The van der Waals surface area contributed by atoms with E-state index in [9.17, 15) is 4.79 Å². The zero-order valence-electron chi connectivity index (χ0n) is 12.3. The summed E-state index contributed by atoms with van der Waals surface area (Å²) < 4.78 is 5.79. The van der Waals surface area contributed by atoms with Gasteiger partial charge in [-0.05, 0) is 29.8 Å². The van der Waals surface area contributed by atoms with Crippen molar-refractivity contribution in [2.45, 2.75) is 26.4 Å². The molecule has 0 aliphatic rings. The molecule has 0 aliphatic carbocycles. The molecule has 0 radical (unpaired) electrons. The summed E-state index contributed by atoms with van der Waals surface area (Å²) in [4.78, 5) is 11.4. The molecular formula is C17H20N2O2. The number of primary amides is 1. The average Bonchev–Trinajstić information content (AvgIpc) is 2.46. The van der Waals surface area contributed by atoms with Gasteiger partial charge in [0.1, 0.15) is 11.5 Å². The number of benzene rings is 2. The molecule has 0 aliphatic heterocycles. The second-order valence-corrected chi connectivity index (χ2v) is 5.15. The van der Waals surface area contributed by atoms with Crippen LogP contribution in [-0.4, -0.2) is 11.9 Å². The Balaban J connectivity index is 2.16. The van der Waals surface area contributed by atoms with Crippen molar-refractivity contribution in [2.24, 2.45) is 5.73 Å². The minimum atomic E-state index is -0.497. The first-order chi connectivity index (χ1) is 10.1. The van der Waals surface area contributed by atoms with Gasteiger partial charge in [-0.25, -0.2) is 0 Å². The van der Waals surface area contributed by atoms with Gasteiger partial charge in [-0.1, -0.05) is 38.1 Å². The Bertz CT molecular complexity index is 624. The molecule has 0 saturated heterocycles. The molecule has 0 aromatic heterocycles. The molecule has 2 aromatic carbocycles. The number of hydrogen-bond donors (Lipinski definition) is 2. The van der Waals surface area contributed by atoms with Crippen LogP contribution in [0.3, 0.4) is 0 Å². The van der Waals surface area contributed by atoms with Crippen LogP contribution >= 0.6 is 0 Å². The highest BCUT2D eigenvalue weighted by Crippen LogP contribution is 2.25. The quantitative estimate of drug-likeness (QED) is 0.856. The average molecular weight is 284 g/mol. The fourth-order valence-electron chi connectivity index (χ4n) is 1.93. The molecule has 0 bridgehead atoms. The summed E-state index contributed by atoms with van der Waals surface area (Å²) in [5, 5.41) is 3.35. The number of ether oxygens (including phenoxy) is 1. The van der Waals surface area contributed by atoms with Crippen molar-refractivity contribution in [3.63, 3.8) is 0 Å². The topological polar surface area (TPSA) is 64.3 Å². The van der Waals surface area contributed by atoms with Crippen molar-refractivity contribution < 1.29 is 9.53 Å². The van der Waals surface area contributed by atoms with E-state index in [1.165, 1.54) is 0 Å². The zero-order chi connectivity index (χ0) is 15.2. The van der Waals surface area contributed by atoms with E-state index < -0.39 is 5.91 Å². The number of nitrogens with two attached hydrogens (primary N) is 1. The Morgan fingerprint density at radius 3 is 2.67 bits per heavy atom. The molecule has 4 heteroatoms. The van der Waals surface area contributed by atoms with Crippen molar-refractivity contribution in [2.75, 3.05) is 0 Å². The van der Waals surface area contributed by atoms with E-state index in [0.717, 1.165) is 12.1 Å². The van der Waals surface area contributed by atoms with Crippen LogP contribution in [0.15, 0.2) is 48.5 Å². The smallest absolute Gasteiger partial charge is 0.252 e. The molecule has 0 unspecified atom stereocenters. The predicted molar refractivity (Wildman–Crippen MR) is 83.5 cm³/mol. The third-order valence-corrected chi connectivity index (χ3v) is 2.99. The lowest BCUT2D eigenvalue weighted by atomic mass is 10.2. The molecule has 110 valence electrons. The van der Waals surface area contributed by atoms with E-state index >= 15 is 0 Å². The fraction of sp³-hybridized carbons (Fsp3) is 0.235. The number of amides is 1. The van der Waals surface area contributed by atoms with Crippen molar-refractivity contribution >= 4 is 5.91 Å². The maximum Gasteiger partial charge on any atom is 0.252 e. The van der Waals surface area contributed by atoms with Crippen LogP contribution in [0.5, 0.6) is 11.5 Å². The summed E-state index contributed by atoms with van der Waals surface area (Å²) in [6.07, 6.45) is 0. The molecule has 1 amide bonds. The maximum atomic E-state index is 11.4. The van der Waals surface area contributed by atoms with E-state index in [-0.39, 0.29) is 0 Å². The second kappa shape index (κ2) is 6.90. The molecule has 0 heterocycles. The molecule has 2 aromatic rings. The molecule has 0 spiro atoms. The summed E-state index contributed by atoms with van der Waals surface area (Å²) in [6, 6.07) is 15.2. The fourth-order valence-corrected chi connectivity index (χ4v) is 1.93. The lowest BCUT2D eigenvalue weighted by Gasteiger charge is -2.11. The van der Waals surface area contributed by atoms with E-state index in [2.05, 4.69) is 19.2 Å². The van der Waals surface area contributed by atoms with Gasteiger partial charge in [0.05, 0.1) is 5.56 Å². The zero-order valence-corrected chi connectivity index (χ0v) is 12.3. The molecule has 3 N–H and O–H groups in total. The summed E-state index contributed by atoms with van der Waals surface area (Å²) in [5.41, 5.74) is 6.85. The van der Waals surface area contributed by atoms with Crippen LogP contribution < -0.4 is 15.8 Å². The highest BCUT2D eigenvalue weighted by Gasteiger charge is 2.09. The van der Waals surface area contributed by atoms with E-state index in [1.807, 2.05) is 30.3 Å². The van der Waals surface area contributed by atoms with Crippen molar-refractivity contribution in [1.29, 1.82) is 0 Å². The van der Waals surface area contributed by atoms with Crippen LogP contribution in [0.2, 0.25) is 0 Å². The number of rotatable bonds is 6. The number of para-hydroxylation sites is 1. The van der Waals surface area contributed by atoms with E-state index in [4.69, 9.17) is 10.5 Å². The lowest BCUT2D eigenvalue weighted by molar-refractivity contribution is 0.0998. The first-order valence-corrected chi connectivity index (χ1v) is 6.95. The molecule has 0 saturated carbocycles. The molecule has 21 heavy (non-hydrogen) atoms. The van der Waals surface area contributed by atoms with Gasteiger partial charge in [0.15, 0.2) is 0 Å². The Morgan fingerprint density at radius 1 is 1.19 bits per heavy atom. The number of carbonyl (C=O) groups excluding carboxylic acids is 1. The van der Waals surface area contributed by atoms with Crippen molar-refractivity contribution in [3.05, 3.63) is 59.7 Å². The van der Waals surface area contributed by atoms with E-state index in [1.54, 1.807) is 18.2 Å². The predicted octanol–water partition coefficient (Wildman–Crippen LogP) is 3.08. The summed E-state index contributed by atoms with van der Waals surface area (Å²) in [5.74, 6) is 0.661. The number of nitrogens with one attached hydrogen (secondary N) is 1. The SMILES string of the molecule is CC(C)NCc1cccc(Oc2ccccc2C(N)=O)c1. The van der Waals surface area contributed by atoms with Crippen LogP contribution in [0.25, 0.3) is 0 Å². The molecular weight excluding hydrogens is 264 g/mol. The van der Waals surface area contributed by atoms with E-state index in [0.29, 0.717) is 23.1 Å². The highest BCUT2D eigenvalue weighted by atomic mass is 16.5. The minimum Gasteiger partial charge on any atom is -0.457 e. The lowest BCUT2D eigenvalue weighted by Crippen LogP contribution is -2.21. The molecule has 2 rings (SSSR count). The van der Waals surface area contributed by atoms with Gasteiger partial charge in [-0.15, -0.1) is 0 Å². The first kappa shape index (κ1) is 15.1. The largest absolute Gasteiger partial charge is 0.457 e. The van der Waals surface area contributed by atoms with Gasteiger partial charge in [-0.3, -0.25) is 4.79 Å². The van der Waals surface area contributed by atoms with Gasteiger partial charge in [0.2, 0.25) is 0 Å². The van der Waals surface area contributed by atoms with Crippen molar-refractivity contribution in [1.82, 2.24) is 5.32 Å². The Labute approximate surface area is 124 Å². The monoisotopic (exact) mass is 284 g/mol. The first-order valence-electron chi connectivity index (χ1n) is 6.95. The minimum absolute atomic E-state index is 0.378. The van der Waals surface area contributed by atoms with Crippen molar-refractivity contribution in [3.8, 4) is 11.5 Å². The highest BCUT2D eigenvalue weighted by molar-refractivity contribution is 5.95. The Kier molecular flexibility index (Phi) is 4.95. The van der Waals surface area contributed by atoms with Crippen LogP contribution in [-0.2, 0) is 6.54 Å². The van der Waals surface area contributed by atoms with Gasteiger partial charge in [0, 0.05) is 12.6 Å². The third-order valence-electron chi connectivity index (χ3n) is 2.99. The number of hydrogen-bond acceptors (Lipinski definition) is 3. The second-order valence-electron chi connectivity index (χ2n) is 5.15. The van der Waals surface area contributed by atoms with Gasteiger partial charge in [-0.2, -0.15) is 0 Å². The molecule has 4 nitrogen and oxygen atoms in total. The molecule has 0 fully saturated rings. The maximum absolute atomic E-state index is 11.4. The van der Waals surface area contributed by atoms with Crippen LogP contribution in [0, 0.1) is 0 Å². The van der Waals surface area contributed by atoms with Crippen LogP contribution in [0.1, 0.15) is 29.8 Å². The summed E-state index contributed by atoms with van der Waals surface area (Å²) >= 11 is 0. The van der Waals surface area contributed by atoms with Gasteiger partial charge in [0.25, 0.3) is 5.91 Å². The molecule has 0 atom stereocenters.